The molecule has 0 aromatic heterocycles. The van der Waals surface area contributed by atoms with Crippen LogP contribution in [0.4, 0.5) is 0 Å². The van der Waals surface area contributed by atoms with Crippen molar-refractivity contribution in [1.29, 1.82) is 0 Å². The van der Waals surface area contributed by atoms with E-state index in [0.717, 1.165) is 12.8 Å². The molecular weight excluding hydrogens is 280 g/mol. The molecule has 0 aliphatic rings. The topological polar surface area (TPSA) is 66.9 Å². The highest BCUT2D eigenvalue weighted by atomic mass is 32.2. The van der Waals surface area contributed by atoms with Gasteiger partial charge in [-0.05, 0) is 26.2 Å². The highest BCUT2D eigenvalue weighted by molar-refractivity contribution is 7.86. The molecule has 0 saturated heterocycles. The first-order valence-electron chi connectivity index (χ1n) is 7.34. The molecule has 0 radical (unpaired) electrons. The summed E-state index contributed by atoms with van der Waals surface area (Å²) < 4.78 is 32.7. The van der Waals surface area contributed by atoms with Gasteiger partial charge in [-0.15, -0.1) is 0 Å². The van der Waals surface area contributed by atoms with E-state index in [2.05, 4.69) is 0 Å². The fraction of sp³-hybridized carbons (Fsp3) is 0.923. The molecule has 0 N–H and O–H groups in total. The van der Waals surface area contributed by atoms with Crippen molar-refractivity contribution in [1.82, 2.24) is 8.61 Å². The number of rotatable bonds is 11. The van der Waals surface area contributed by atoms with Crippen LogP contribution in [0.1, 0.15) is 47.0 Å². The standard InChI is InChI=1S/C13H28N2O4S/c1-5-9-14(10-6-2)20(17,18)15(11-7-3)12-13(16)19-8-4/h5-12H2,1-4H3. The Morgan fingerprint density at radius 3 is 1.75 bits per heavy atom. The van der Waals surface area contributed by atoms with E-state index in [1.165, 1.54) is 8.61 Å². The van der Waals surface area contributed by atoms with Crippen molar-refractivity contribution in [3.63, 3.8) is 0 Å². The molecule has 7 heteroatoms. The summed E-state index contributed by atoms with van der Waals surface area (Å²) in [5.74, 6) is -0.502. The maximum absolute atomic E-state index is 12.6. The molecule has 0 saturated carbocycles. The van der Waals surface area contributed by atoms with E-state index in [-0.39, 0.29) is 13.2 Å². The normalized spacial score (nSPS) is 12.1. The third kappa shape index (κ3) is 6.19. The van der Waals surface area contributed by atoms with Crippen LogP contribution in [0.3, 0.4) is 0 Å². The Balaban J connectivity index is 5.04. The molecule has 0 aromatic rings. The summed E-state index contributed by atoms with van der Waals surface area (Å²) in [6.07, 6.45) is 2.15. The molecule has 0 atom stereocenters. The largest absolute Gasteiger partial charge is 0.465 e. The zero-order valence-electron chi connectivity index (χ0n) is 13.1. The van der Waals surface area contributed by atoms with Gasteiger partial charge < -0.3 is 4.74 Å². The molecule has 0 bridgehead atoms. The van der Waals surface area contributed by atoms with Gasteiger partial charge in [-0.3, -0.25) is 4.79 Å². The van der Waals surface area contributed by atoms with Gasteiger partial charge in [0.1, 0.15) is 6.54 Å². The molecule has 20 heavy (non-hydrogen) atoms. The molecular formula is C13H28N2O4S. The van der Waals surface area contributed by atoms with Crippen molar-refractivity contribution >= 4 is 16.2 Å². The zero-order chi connectivity index (χ0) is 15.6. The van der Waals surface area contributed by atoms with Crippen molar-refractivity contribution in [2.75, 3.05) is 32.8 Å². The van der Waals surface area contributed by atoms with E-state index in [1.54, 1.807) is 6.92 Å². The fourth-order valence-electron chi connectivity index (χ4n) is 1.88. The summed E-state index contributed by atoms with van der Waals surface area (Å²) in [4.78, 5) is 11.6. The number of esters is 1. The van der Waals surface area contributed by atoms with Gasteiger partial charge in [-0.25, -0.2) is 0 Å². The van der Waals surface area contributed by atoms with Gasteiger partial charge in [-0.2, -0.15) is 17.0 Å². The lowest BCUT2D eigenvalue weighted by Gasteiger charge is -2.28. The van der Waals surface area contributed by atoms with Crippen LogP contribution in [0, 0.1) is 0 Å². The molecule has 0 rings (SSSR count). The van der Waals surface area contributed by atoms with Gasteiger partial charge in [0, 0.05) is 19.6 Å². The number of hydrogen-bond acceptors (Lipinski definition) is 4. The first kappa shape index (κ1) is 19.3. The number of carbonyl (C=O) groups is 1. The summed E-state index contributed by atoms with van der Waals surface area (Å²) in [6.45, 7) is 8.78. The van der Waals surface area contributed by atoms with Gasteiger partial charge in [0.2, 0.25) is 0 Å². The van der Waals surface area contributed by atoms with Gasteiger partial charge in [0.15, 0.2) is 0 Å². The molecule has 0 amide bonds. The smallest absolute Gasteiger partial charge is 0.321 e. The Bertz CT molecular complexity index is 365. The summed E-state index contributed by atoms with van der Waals surface area (Å²) in [6, 6.07) is 0. The van der Waals surface area contributed by atoms with E-state index in [4.69, 9.17) is 4.74 Å². The van der Waals surface area contributed by atoms with E-state index in [9.17, 15) is 13.2 Å². The van der Waals surface area contributed by atoms with Crippen LogP contribution >= 0.6 is 0 Å². The van der Waals surface area contributed by atoms with Gasteiger partial charge in [-0.1, -0.05) is 20.8 Å². The Labute approximate surface area is 123 Å². The number of nitrogens with zero attached hydrogens (tertiary/aromatic N) is 2. The maximum Gasteiger partial charge on any atom is 0.321 e. The van der Waals surface area contributed by atoms with Crippen LogP contribution in [-0.2, 0) is 19.7 Å². The Morgan fingerprint density at radius 2 is 1.35 bits per heavy atom. The minimum absolute atomic E-state index is 0.214. The molecule has 0 fully saturated rings. The van der Waals surface area contributed by atoms with E-state index in [0.29, 0.717) is 26.1 Å². The second-order valence-electron chi connectivity index (χ2n) is 4.55. The first-order valence-corrected chi connectivity index (χ1v) is 8.74. The summed E-state index contributed by atoms with van der Waals surface area (Å²) in [5.41, 5.74) is 0. The monoisotopic (exact) mass is 308 g/mol. The lowest BCUT2D eigenvalue weighted by Crippen LogP contribution is -2.47. The van der Waals surface area contributed by atoms with Crippen LogP contribution in [0.2, 0.25) is 0 Å². The number of hydrogen-bond donors (Lipinski definition) is 0. The lowest BCUT2D eigenvalue weighted by molar-refractivity contribution is -0.143. The average Bonchev–Trinajstić information content (AvgIpc) is 2.38. The maximum atomic E-state index is 12.6. The highest BCUT2D eigenvalue weighted by Crippen LogP contribution is 2.11. The van der Waals surface area contributed by atoms with Crippen LogP contribution in [0.5, 0.6) is 0 Å². The number of ether oxygens (including phenoxy) is 1. The molecule has 0 unspecified atom stereocenters. The summed E-state index contributed by atoms with van der Waals surface area (Å²) >= 11 is 0. The molecule has 0 aromatic carbocycles. The lowest BCUT2D eigenvalue weighted by atomic mass is 10.4. The summed E-state index contributed by atoms with van der Waals surface area (Å²) in [5, 5.41) is 0. The molecule has 0 aliphatic carbocycles. The SMILES string of the molecule is CCCN(CCC)S(=O)(=O)N(CCC)CC(=O)OCC. The minimum atomic E-state index is -3.60. The van der Waals surface area contributed by atoms with Crippen LogP contribution in [0.15, 0.2) is 0 Å². The predicted molar refractivity (Wildman–Crippen MR) is 79.6 cm³/mol. The molecule has 0 spiro atoms. The van der Waals surface area contributed by atoms with Crippen molar-refractivity contribution in [3.05, 3.63) is 0 Å². The zero-order valence-corrected chi connectivity index (χ0v) is 13.9. The van der Waals surface area contributed by atoms with Crippen molar-refractivity contribution in [2.24, 2.45) is 0 Å². The van der Waals surface area contributed by atoms with Crippen LogP contribution in [0.25, 0.3) is 0 Å². The first-order chi connectivity index (χ1) is 9.43. The molecule has 0 aliphatic heterocycles. The Kier molecular flexibility index (Phi) is 9.79. The van der Waals surface area contributed by atoms with Crippen molar-refractivity contribution in [2.45, 2.75) is 47.0 Å². The highest BCUT2D eigenvalue weighted by Gasteiger charge is 2.30. The second kappa shape index (κ2) is 10.1. The van der Waals surface area contributed by atoms with Gasteiger partial charge in [0.25, 0.3) is 10.2 Å². The fourth-order valence-corrected chi connectivity index (χ4v) is 3.72. The van der Waals surface area contributed by atoms with Gasteiger partial charge >= 0.3 is 5.97 Å². The quantitative estimate of drug-likeness (QED) is 0.544. The molecule has 0 heterocycles. The average molecular weight is 308 g/mol. The van der Waals surface area contributed by atoms with Crippen molar-refractivity contribution in [3.8, 4) is 0 Å². The van der Waals surface area contributed by atoms with Gasteiger partial charge in [0.05, 0.1) is 6.61 Å². The molecule has 6 nitrogen and oxygen atoms in total. The number of carbonyl (C=O) groups excluding carboxylic acids is 1. The van der Waals surface area contributed by atoms with E-state index < -0.39 is 16.2 Å². The Hall–Kier alpha value is -0.660. The second-order valence-corrected chi connectivity index (χ2v) is 6.47. The van der Waals surface area contributed by atoms with Crippen molar-refractivity contribution < 1.29 is 17.9 Å². The predicted octanol–water partition coefficient (Wildman–Crippen LogP) is 1.63. The van der Waals surface area contributed by atoms with Crippen LogP contribution in [-0.4, -0.2) is 55.8 Å². The third-order valence-corrected chi connectivity index (χ3v) is 4.66. The van der Waals surface area contributed by atoms with E-state index in [1.807, 2.05) is 20.8 Å². The third-order valence-electron chi connectivity index (χ3n) is 2.68. The van der Waals surface area contributed by atoms with Crippen LogP contribution < -0.4 is 0 Å². The summed E-state index contributed by atoms with van der Waals surface area (Å²) in [7, 11) is -3.60. The van der Waals surface area contributed by atoms with E-state index >= 15 is 0 Å². The minimum Gasteiger partial charge on any atom is -0.465 e. The Morgan fingerprint density at radius 1 is 0.900 bits per heavy atom. The molecule has 120 valence electrons.